The van der Waals surface area contributed by atoms with Crippen LogP contribution in [0.1, 0.15) is 29.3 Å². The van der Waals surface area contributed by atoms with Gasteiger partial charge in [0.1, 0.15) is 0 Å². The van der Waals surface area contributed by atoms with Gasteiger partial charge in [-0.3, -0.25) is 11.3 Å². The minimum absolute atomic E-state index is 0.398. The molecule has 1 aliphatic rings. The normalized spacial score (nSPS) is 19.5. The van der Waals surface area contributed by atoms with Crippen molar-refractivity contribution in [1.82, 2.24) is 5.43 Å². The van der Waals surface area contributed by atoms with Crippen LogP contribution in [0.15, 0.2) is 11.4 Å². The number of rotatable bonds is 3. The number of thiophene rings is 1. The lowest BCUT2D eigenvalue weighted by atomic mass is 10.1. The van der Waals surface area contributed by atoms with E-state index in [1.54, 1.807) is 11.3 Å². The molecule has 1 saturated carbocycles. The first-order valence-electron chi connectivity index (χ1n) is 4.32. The molecule has 1 aromatic rings. The highest BCUT2D eigenvalue weighted by Crippen LogP contribution is 2.41. The minimum Gasteiger partial charge on any atom is -0.271 e. The molecular weight excluding hydrogens is 168 g/mol. The quantitative estimate of drug-likeness (QED) is 0.554. The van der Waals surface area contributed by atoms with Gasteiger partial charge in [0.05, 0.1) is 0 Å². The van der Waals surface area contributed by atoms with Crippen molar-refractivity contribution in [2.24, 2.45) is 11.8 Å². The molecule has 12 heavy (non-hydrogen) atoms. The molecule has 3 heteroatoms. The van der Waals surface area contributed by atoms with Crippen LogP contribution in [-0.4, -0.2) is 0 Å². The zero-order chi connectivity index (χ0) is 8.55. The van der Waals surface area contributed by atoms with E-state index in [-0.39, 0.29) is 0 Å². The fourth-order valence-corrected chi connectivity index (χ4v) is 2.30. The van der Waals surface area contributed by atoms with E-state index in [4.69, 9.17) is 5.84 Å². The van der Waals surface area contributed by atoms with Crippen LogP contribution in [0, 0.1) is 12.8 Å². The van der Waals surface area contributed by atoms with Crippen molar-refractivity contribution < 1.29 is 0 Å². The highest BCUT2D eigenvalue weighted by atomic mass is 32.1. The SMILES string of the molecule is Cc1cc(C(NN)C2CC2)cs1. The van der Waals surface area contributed by atoms with Crippen molar-refractivity contribution >= 4 is 11.3 Å². The van der Waals surface area contributed by atoms with Crippen molar-refractivity contribution in [3.05, 3.63) is 21.9 Å². The van der Waals surface area contributed by atoms with E-state index in [0.717, 1.165) is 5.92 Å². The van der Waals surface area contributed by atoms with Gasteiger partial charge in [-0.25, -0.2) is 0 Å². The van der Waals surface area contributed by atoms with Crippen molar-refractivity contribution in [3.63, 3.8) is 0 Å². The van der Waals surface area contributed by atoms with Gasteiger partial charge in [0.15, 0.2) is 0 Å². The van der Waals surface area contributed by atoms with Crippen LogP contribution < -0.4 is 11.3 Å². The van der Waals surface area contributed by atoms with Crippen molar-refractivity contribution in [2.75, 3.05) is 0 Å². The van der Waals surface area contributed by atoms with Gasteiger partial charge in [-0.05, 0) is 42.7 Å². The number of nitrogens with one attached hydrogen (secondary N) is 1. The number of hydrogen-bond donors (Lipinski definition) is 2. The Morgan fingerprint density at radius 2 is 2.42 bits per heavy atom. The Labute approximate surface area is 76.8 Å². The summed E-state index contributed by atoms with van der Waals surface area (Å²) in [5, 5.41) is 2.21. The van der Waals surface area contributed by atoms with E-state index in [0.29, 0.717) is 6.04 Å². The average Bonchev–Trinajstić information content (AvgIpc) is 2.78. The van der Waals surface area contributed by atoms with E-state index >= 15 is 0 Å². The number of aryl methyl sites for hydroxylation is 1. The predicted octanol–water partition coefficient (Wildman–Crippen LogP) is 1.97. The minimum atomic E-state index is 0.398. The van der Waals surface area contributed by atoms with Crippen molar-refractivity contribution in [1.29, 1.82) is 0 Å². The molecule has 1 aromatic heterocycles. The lowest BCUT2D eigenvalue weighted by Gasteiger charge is -2.12. The maximum absolute atomic E-state index is 5.51. The largest absolute Gasteiger partial charge is 0.271 e. The Balaban J connectivity index is 2.15. The molecule has 66 valence electrons. The number of hydrazine groups is 1. The second-order valence-corrected chi connectivity index (χ2v) is 4.59. The van der Waals surface area contributed by atoms with Crippen LogP contribution in [0.2, 0.25) is 0 Å². The fourth-order valence-electron chi connectivity index (χ4n) is 1.56. The van der Waals surface area contributed by atoms with Crippen molar-refractivity contribution in [2.45, 2.75) is 25.8 Å². The summed E-state index contributed by atoms with van der Waals surface area (Å²) in [4.78, 5) is 1.37. The molecule has 0 aromatic carbocycles. The summed E-state index contributed by atoms with van der Waals surface area (Å²) >= 11 is 1.80. The van der Waals surface area contributed by atoms with Gasteiger partial charge in [0.25, 0.3) is 0 Å². The molecule has 0 radical (unpaired) electrons. The number of hydrogen-bond acceptors (Lipinski definition) is 3. The first-order chi connectivity index (χ1) is 5.81. The third-order valence-corrected chi connectivity index (χ3v) is 3.26. The topological polar surface area (TPSA) is 38.0 Å². The van der Waals surface area contributed by atoms with Crippen LogP contribution in [0.4, 0.5) is 0 Å². The van der Waals surface area contributed by atoms with Gasteiger partial charge in [0.2, 0.25) is 0 Å². The second kappa shape index (κ2) is 3.17. The Hall–Kier alpha value is -0.380. The monoisotopic (exact) mass is 182 g/mol. The zero-order valence-corrected chi connectivity index (χ0v) is 8.03. The zero-order valence-electron chi connectivity index (χ0n) is 7.21. The molecule has 1 atom stereocenters. The van der Waals surface area contributed by atoms with Gasteiger partial charge in [0, 0.05) is 10.9 Å². The predicted molar refractivity (Wildman–Crippen MR) is 51.8 cm³/mol. The molecule has 0 saturated heterocycles. The van der Waals surface area contributed by atoms with Crippen LogP contribution in [0.5, 0.6) is 0 Å². The maximum Gasteiger partial charge on any atom is 0.0496 e. The third-order valence-electron chi connectivity index (χ3n) is 2.38. The highest BCUT2D eigenvalue weighted by Gasteiger charge is 2.31. The molecule has 1 aliphatic carbocycles. The summed E-state index contributed by atoms with van der Waals surface area (Å²) in [6.07, 6.45) is 2.65. The van der Waals surface area contributed by atoms with Gasteiger partial charge < -0.3 is 0 Å². The molecule has 0 amide bonds. The lowest BCUT2D eigenvalue weighted by Crippen LogP contribution is -2.29. The van der Waals surface area contributed by atoms with Crippen molar-refractivity contribution in [3.8, 4) is 0 Å². The molecule has 2 nitrogen and oxygen atoms in total. The summed E-state index contributed by atoms with van der Waals surface area (Å²) < 4.78 is 0. The molecule has 1 unspecified atom stereocenters. The average molecular weight is 182 g/mol. The van der Waals surface area contributed by atoms with Gasteiger partial charge in [-0.15, -0.1) is 11.3 Å². The standard InChI is InChI=1S/C9H14N2S/c1-6-4-8(5-12-6)9(11-10)7-2-3-7/h4-5,7,9,11H,2-3,10H2,1H3. The first-order valence-corrected chi connectivity index (χ1v) is 5.20. The molecule has 0 bridgehead atoms. The second-order valence-electron chi connectivity index (χ2n) is 3.47. The first kappa shape index (κ1) is 8.23. The van der Waals surface area contributed by atoms with Crippen LogP contribution in [0.25, 0.3) is 0 Å². The Morgan fingerprint density at radius 1 is 1.67 bits per heavy atom. The summed E-state index contributed by atoms with van der Waals surface area (Å²) in [7, 11) is 0. The Morgan fingerprint density at radius 3 is 2.83 bits per heavy atom. The summed E-state index contributed by atoms with van der Waals surface area (Å²) in [6.45, 7) is 2.13. The molecule has 0 aliphatic heterocycles. The Bertz CT molecular complexity index is 265. The maximum atomic E-state index is 5.51. The van der Waals surface area contributed by atoms with E-state index in [1.165, 1.54) is 23.3 Å². The van der Waals surface area contributed by atoms with Crippen LogP contribution in [0.3, 0.4) is 0 Å². The molecule has 0 spiro atoms. The van der Waals surface area contributed by atoms with Gasteiger partial charge in [-0.2, -0.15) is 0 Å². The van der Waals surface area contributed by atoms with E-state index in [1.807, 2.05) is 0 Å². The lowest BCUT2D eigenvalue weighted by molar-refractivity contribution is 0.498. The molecule has 2 rings (SSSR count). The smallest absolute Gasteiger partial charge is 0.0496 e. The molecule has 1 fully saturated rings. The van der Waals surface area contributed by atoms with E-state index < -0.39 is 0 Å². The van der Waals surface area contributed by atoms with Gasteiger partial charge >= 0.3 is 0 Å². The highest BCUT2D eigenvalue weighted by molar-refractivity contribution is 7.10. The fraction of sp³-hybridized carbons (Fsp3) is 0.556. The van der Waals surface area contributed by atoms with Crippen LogP contribution in [-0.2, 0) is 0 Å². The summed E-state index contributed by atoms with van der Waals surface area (Å²) in [6, 6.07) is 2.63. The molecule has 3 N–H and O–H groups in total. The summed E-state index contributed by atoms with van der Waals surface area (Å²) in [5.74, 6) is 6.29. The number of nitrogens with two attached hydrogens (primary N) is 1. The van der Waals surface area contributed by atoms with E-state index in [9.17, 15) is 0 Å². The van der Waals surface area contributed by atoms with E-state index in [2.05, 4.69) is 23.8 Å². The summed E-state index contributed by atoms with van der Waals surface area (Å²) in [5.41, 5.74) is 4.26. The van der Waals surface area contributed by atoms with Crippen LogP contribution >= 0.6 is 11.3 Å². The van der Waals surface area contributed by atoms with Gasteiger partial charge in [-0.1, -0.05) is 0 Å². The molecule has 1 heterocycles. The molecular formula is C9H14N2S. The third kappa shape index (κ3) is 1.53. The Kier molecular flexibility index (Phi) is 2.17.